The summed E-state index contributed by atoms with van der Waals surface area (Å²) in [5, 5.41) is 1.88. The molecular formula is C29H33ClN4O3. The normalized spacial score (nSPS) is 21.5. The van der Waals surface area contributed by atoms with E-state index < -0.39 is 5.79 Å². The van der Waals surface area contributed by atoms with Crippen LogP contribution in [0, 0.1) is 0 Å². The minimum Gasteiger partial charge on any atom is -0.494 e. The van der Waals surface area contributed by atoms with Gasteiger partial charge in [0.25, 0.3) is 0 Å². The van der Waals surface area contributed by atoms with E-state index in [1.165, 1.54) is 5.56 Å². The van der Waals surface area contributed by atoms with Crippen LogP contribution in [0.25, 0.3) is 10.9 Å². The summed E-state index contributed by atoms with van der Waals surface area (Å²) in [7, 11) is 0. The summed E-state index contributed by atoms with van der Waals surface area (Å²) in [4.78, 5) is 14.9. The molecule has 1 fully saturated rings. The first kappa shape index (κ1) is 25.5. The van der Waals surface area contributed by atoms with Crippen LogP contribution in [0.3, 0.4) is 0 Å². The number of hydrogen-bond donors (Lipinski definition) is 1. The Morgan fingerprint density at radius 1 is 1.30 bits per heavy atom. The van der Waals surface area contributed by atoms with Crippen LogP contribution in [0.15, 0.2) is 72.8 Å². The van der Waals surface area contributed by atoms with Gasteiger partial charge in [0.05, 0.1) is 25.4 Å². The third-order valence-electron chi connectivity index (χ3n) is 6.77. The van der Waals surface area contributed by atoms with E-state index in [2.05, 4.69) is 26.4 Å². The second-order valence-electron chi connectivity index (χ2n) is 9.79. The quantitative estimate of drug-likeness (QED) is 0.278. The molecule has 0 aliphatic carbocycles. The number of nitrogens with zero attached hydrogens (tertiary/aromatic N) is 3. The molecule has 0 unspecified atom stereocenters. The number of H-pyrrole nitrogens is 1. The van der Waals surface area contributed by atoms with Crippen LogP contribution < -0.4 is 4.90 Å². The van der Waals surface area contributed by atoms with Crippen molar-refractivity contribution < 1.29 is 14.2 Å². The highest BCUT2D eigenvalue weighted by Gasteiger charge is 2.34. The number of anilines is 1. The molecule has 0 saturated carbocycles. The van der Waals surface area contributed by atoms with Crippen LogP contribution in [0.4, 0.5) is 5.95 Å². The minimum atomic E-state index is -0.521. The number of nitrogens with one attached hydrogen (secondary N) is 1. The van der Waals surface area contributed by atoms with Gasteiger partial charge in [0, 0.05) is 47.0 Å². The van der Waals surface area contributed by atoms with Crippen LogP contribution in [0.2, 0.25) is 5.02 Å². The first-order valence-corrected chi connectivity index (χ1v) is 13.0. The highest BCUT2D eigenvalue weighted by atomic mass is 35.5. The van der Waals surface area contributed by atoms with Crippen LogP contribution in [0.1, 0.15) is 44.5 Å². The first-order chi connectivity index (χ1) is 17.8. The summed E-state index contributed by atoms with van der Waals surface area (Å²) >= 11 is 6.33. The number of ether oxygens (including phenoxy) is 3. The fourth-order valence-electron chi connectivity index (χ4n) is 5.02. The molecule has 2 atom stereocenters. The molecule has 3 aromatic rings. The Balaban J connectivity index is 1.36. The number of halogens is 1. The molecule has 1 aromatic carbocycles. The monoisotopic (exact) mass is 520 g/mol. The van der Waals surface area contributed by atoms with Crippen molar-refractivity contribution in [2.75, 3.05) is 24.7 Å². The fraction of sp³-hybridized carbons (Fsp3) is 0.379. The molecule has 2 aliphatic rings. The summed E-state index contributed by atoms with van der Waals surface area (Å²) in [6, 6.07) is 7.64. The van der Waals surface area contributed by atoms with Crippen molar-refractivity contribution in [1.82, 2.24) is 15.0 Å². The van der Waals surface area contributed by atoms with E-state index in [0.29, 0.717) is 19.2 Å². The van der Waals surface area contributed by atoms with Gasteiger partial charge in [-0.05, 0) is 74.7 Å². The maximum absolute atomic E-state index is 6.33. The molecular weight excluding hydrogens is 488 g/mol. The fourth-order valence-corrected chi connectivity index (χ4v) is 5.19. The predicted molar refractivity (Wildman–Crippen MR) is 147 cm³/mol. The molecule has 7 nitrogen and oxygen atoms in total. The Hall–Kier alpha value is -3.13. The third kappa shape index (κ3) is 5.59. The number of rotatable bonds is 8. The molecule has 1 N–H and O–H groups in total. The zero-order valence-electron chi connectivity index (χ0n) is 21.5. The number of fused-ring (bicyclic) bond motifs is 3. The molecule has 8 heteroatoms. The summed E-state index contributed by atoms with van der Waals surface area (Å²) in [6.45, 7) is 12.2. The Morgan fingerprint density at radius 3 is 2.84 bits per heavy atom. The Labute approximate surface area is 222 Å². The SMILES string of the molecule is C=C(/C=C\C(=C/C)OCC[C@H]1COC(C)(C)O1)[C@H]1c2[nH]c3ccc(Cl)cc3c2CCN1c1ncccn1. The zero-order chi connectivity index (χ0) is 26.0. The largest absolute Gasteiger partial charge is 0.494 e. The van der Waals surface area contributed by atoms with Crippen molar-refractivity contribution in [3.63, 3.8) is 0 Å². The number of allylic oxidation sites excluding steroid dienone is 2. The second kappa shape index (κ2) is 10.7. The van der Waals surface area contributed by atoms with E-state index in [0.717, 1.165) is 52.3 Å². The molecule has 4 heterocycles. The molecule has 5 rings (SSSR count). The smallest absolute Gasteiger partial charge is 0.226 e. The first-order valence-electron chi connectivity index (χ1n) is 12.7. The number of aromatic amines is 1. The van der Waals surface area contributed by atoms with Crippen molar-refractivity contribution in [3.8, 4) is 0 Å². The second-order valence-corrected chi connectivity index (χ2v) is 10.2. The summed E-state index contributed by atoms with van der Waals surface area (Å²) in [5.74, 6) is 0.933. The zero-order valence-corrected chi connectivity index (χ0v) is 22.3. The van der Waals surface area contributed by atoms with Gasteiger partial charge in [-0.15, -0.1) is 0 Å². The third-order valence-corrected chi connectivity index (χ3v) is 7.01. The lowest BCUT2D eigenvalue weighted by molar-refractivity contribution is -0.139. The van der Waals surface area contributed by atoms with Gasteiger partial charge in [0.2, 0.25) is 5.95 Å². The molecule has 194 valence electrons. The standard InChI is InChI=1S/C29H33ClN4O3/c1-5-21(35-16-12-22-18-36-29(3,4)37-22)9-7-19(2)27-26-23(24-17-20(30)8-10-25(24)33-26)11-15-34(27)28-31-13-6-14-32-28/h5-10,13-14,17,22,27,33H,2,11-12,15-16,18H2,1,3-4H3/b9-7-,21-5+/t22-,27-/m0/s1. The van der Waals surface area contributed by atoms with E-state index in [4.69, 9.17) is 25.8 Å². The number of aromatic nitrogens is 3. The van der Waals surface area contributed by atoms with E-state index in [1.54, 1.807) is 12.4 Å². The van der Waals surface area contributed by atoms with Gasteiger partial charge in [-0.25, -0.2) is 9.97 Å². The lowest BCUT2D eigenvalue weighted by Gasteiger charge is -2.36. The summed E-state index contributed by atoms with van der Waals surface area (Å²) in [5.41, 5.74) is 4.32. The molecule has 2 aromatic heterocycles. The van der Waals surface area contributed by atoms with Gasteiger partial charge in [-0.1, -0.05) is 24.3 Å². The van der Waals surface area contributed by atoms with Crippen molar-refractivity contribution in [1.29, 1.82) is 0 Å². The van der Waals surface area contributed by atoms with E-state index in [1.807, 2.05) is 63.3 Å². The van der Waals surface area contributed by atoms with Gasteiger partial charge in [0.15, 0.2) is 5.79 Å². The number of hydrogen-bond acceptors (Lipinski definition) is 6. The van der Waals surface area contributed by atoms with Crippen molar-refractivity contribution in [2.45, 2.75) is 51.5 Å². The Kier molecular flexibility index (Phi) is 7.38. The Bertz CT molecular complexity index is 1330. The summed E-state index contributed by atoms with van der Waals surface area (Å²) in [6.07, 6.45) is 11.1. The van der Waals surface area contributed by atoms with E-state index >= 15 is 0 Å². The average molecular weight is 521 g/mol. The van der Waals surface area contributed by atoms with E-state index in [-0.39, 0.29) is 12.1 Å². The van der Waals surface area contributed by atoms with Crippen LogP contribution >= 0.6 is 11.6 Å². The van der Waals surface area contributed by atoms with Gasteiger partial charge in [-0.3, -0.25) is 0 Å². The molecule has 0 radical (unpaired) electrons. The molecule has 0 bridgehead atoms. The van der Waals surface area contributed by atoms with Crippen LogP contribution in [-0.4, -0.2) is 46.6 Å². The van der Waals surface area contributed by atoms with Gasteiger partial charge >= 0.3 is 0 Å². The average Bonchev–Trinajstić information content (AvgIpc) is 3.44. The lowest BCUT2D eigenvalue weighted by Crippen LogP contribution is -2.37. The van der Waals surface area contributed by atoms with Crippen molar-refractivity contribution in [2.24, 2.45) is 0 Å². The maximum atomic E-state index is 6.33. The molecule has 0 spiro atoms. The van der Waals surface area contributed by atoms with Gasteiger partial charge in [-0.2, -0.15) is 0 Å². The van der Waals surface area contributed by atoms with Crippen LogP contribution in [0.5, 0.6) is 0 Å². The molecule has 1 saturated heterocycles. The molecule has 2 aliphatic heterocycles. The summed E-state index contributed by atoms with van der Waals surface area (Å²) < 4.78 is 17.6. The molecule has 0 amide bonds. The van der Waals surface area contributed by atoms with Crippen LogP contribution in [-0.2, 0) is 20.6 Å². The highest BCUT2D eigenvalue weighted by molar-refractivity contribution is 6.31. The predicted octanol–water partition coefficient (Wildman–Crippen LogP) is 6.29. The lowest BCUT2D eigenvalue weighted by atomic mass is 9.93. The van der Waals surface area contributed by atoms with Gasteiger partial charge < -0.3 is 24.1 Å². The highest BCUT2D eigenvalue weighted by Crippen LogP contribution is 2.40. The molecule has 37 heavy (non-hydrogen) atoms. The van der Waals surface area contributed by atoms with E-state index in [9.17, 15) is 0 Å². The van der Waals surface area contributed by atoms with Crippen molar-refractivity contribution >= 4 is 28.5 Å². The maximum Gasteiger partial charge on any atom is 0.226 e. The Morgan fingerprint density at radius 2 is 2.11 bits per heavy atom. The minimum absolute atomic E-state index is 0.0441. The van der Waals surface area contributed by atoms with Crippen molar-refractivity contribution in [3.05, 3.63) is 89.1 Å². The number of benzene rings is 1. The van der Waals surface area contributed by atoms with Gasteiger partial charge in [0.1, 0.15) is 5.76 Å². The topological polar surface area (TPSA) is 72.5 Å².